The van der Waals surface area contributed by atoms with E-state index < -0.39 is 0 Å². The Labute approximate surface area is 152 Å². The molecule has 0 atom stereocenters. The van der Waals surface area contributed by atoms with E-state index >= 15 is 0 Å². The Morgan fingerprint density at radius 3 is 2.48 bits per heavy atom. The quantitative estimate of drug-likeness (QED) is 0.630. The maximum absolute atomic E-state index is 13.3. The van der Waals surface area contributed by atoms with E-state index in [1.54, 1.807) is 11.3 Å². The van der Waals surface area contributed by atoms with Gasteiger partial charge in [0.15, 0.2) is 5.13 Å². The number of para-hydroxylation sites is 1. The van der Waals surface area contributed by atoms with Crippen molar-refractivity contribution >= 4 is 32.6 Å². The zero-order valence-corrected chi connectivity index (χ0v) is 15.0. The monoisotopic (exact) mass is 350 g/mol. The van der Waals surface area contributed by atoms with Crippen LogP contribution in [0.25, 0.3) is 10.2 Å². The standard InChI is InChI=1S/C21H22N2OS/c24-20(17-11-5-2-6-12-17)23(15-16-9-3-1-4-10-16)21-22-18-13-7-8-14-19(18)25-21/h1,3-4,7-10,13-14,17H,2,5-6,11-12,15H2. The first kappa shape index (κ1) is 16.3. The smallest absolute Gasteiger partial charge is 0.232 e. The second kappa shape index (κ2) is 7.36. The van der Waals surface area contributed by atoms with Crippen molar-refractivity contribution in [1.82, 2.24) is 4.98 Å². The molecule has 4 rings (SSSR count). The van der Waals surface area contributed by atoms with Gasteiger partial charge in [0.2, 0.25) is 5.91 Å². The summed E-state index contributed by atoms with van der Waals surface area (Å²) < 4.78 is 1.13. The molecule has 4 heteroatoms. The second-order valence-electron chi connectivity index (χ2n) is 6.71. The number of carbonyl (C=O) groups excluding carboxylic acids is 1. The topological polar surface area (TPSA) is 33.2 Å². The highest BCUT2D eigenvalue weighted by atomic mass is 32.1. The first-order chi connectivity index (χ1) is 12.3. The molecule has 2 aromatic carbocycles. The molecule has 0 radical (unpaired) electrons. The number of rotatable bonds is 4. The number of amides is 1. The van der Waals surface area contributed by atoms with Gasteiger partial charge >= 0.3 is 0 Å². The third kappa shape index (κ3) is 3.59. The van der Waals surface area contributed by atoms with Crippen LogP contribution in [0.4, 0.5) is 5.13 Å². The number of thiazole rings is 1. The van der Waals surface area contributed by atoms with Crippen LogP contribution in [0, 0.1) is 5.92 Å². The fourth-order valence-corrected chi connectivity index (χ4v) is 4.52. The van der Waals surface area contributed by atoms with E-state index in [-0.39, 0.29) is 11.8 Å². The van der Waals surface area contributed by atoms with Crippen LogP contribution in [0.3, 0.4) is 0 Å². The van der Waals surface area contributed by atoms with Crippen LogP contribution in [-0.4, -0.2) is 10.9 Å². The van der Waals surface area contributed by atoms with Crippen molar-refractivity contribution in [2.45, 2.75) is 38.6 Å². The SMILES string of the molecule is O=C(C1CCCCC1)N(Cc1ccccc1)c1nc2ccccc2s1. The van der Waals surface area contributed by atoms with Crippen LogP contribution in [-0.2, 0) is 11.3 Å². The predicted octanol–water partition coefficient (Wildman–Crippen LogP) is 5.41. The summed E-state index contributed by atoms with van der Waals surface area (Å²) in [5.41, 5.74) is 2.11. The summed E-state index contributed by atoms with van der Waals surface area (Å²) in [5, 5.41) is 0.820. The molecule has 1 aromatic heterocycles. The Kier molecular flexibility index (Phi) is 4.79. The van der Waals surface area contributed by atoms with Gasteiger partial charge in [-0.3, -0.25) is 9.69 Å². The molecule has 25 heavy (non-hydrogen) atoms. The molecule has 3 aromatic rings. The maximum Gasteiger partial charge on any atom is 0.232 e. The fourth-order valence-electron chi connectivity index (χ4n) is 3.55. The van der Waals surface area contributed by atoms with Crippen molar-refractivity contribution in [1.29, 1.82) is 0 Å². The van der Waals surface area contributed by atoms with Gasteiger partial charge in [0, 0.05) is 5.92 Å². The lowest BCUT2D eigenvalue weighted by atomic mass is 9.88. The molecule has 128 valence electrons. The van der Waals surface area contributed by atoms with E-state index in [2.05, 4.69) is 18.2 Å². The third-order valence-corrected chi connectivity index (χ3v) is 5.98. The Morgan fingerprint density at radius 1 is 1.00 bits per heavy atom. The molecule has 0 bridgehead atoms. The minimum absolute atomic E-state index is 0.143. The van der Waals surface area contributed by atoms with Crippen LogP contribution >= 0.6 is 11.3 Å². The molecule has 1 aliphatic carbocycles. The average molecular weight is 350 g/mol. The molecular formula is C21H22N2OS. The minimum Gasteiger partial charge on any atom is -0.283 e. The van der Waals surface area contributed by atoms with Crippen molar-refractivity contribution in [3.63, 3.8) is 0 Å². The summed E-state index contributed by atoms with van der Waals surface area (Å²) in [6.45, 7) is 0.593. The summed E-state index contributed by atoms with van der Waals surface area (Å²) in [4.78, 5) is 19.9. The number of nitrogens with zero attached hydrogens (tertiary/aromatic N) is 2. The van der Waals surface area contributed by atoms with E-state index in [1.807, 2.05) is 41.3 Å². The highest BCUT2D eigenvalue weighted by Crippen LogP contribution is 2.33. The molecule has 1 heterocycles. The maximum atomic E-state index is 13.3. The van der Waals surface area contributed by atoms with Crippen molar-refractivity contribution in [2.24, 2.45) is 5.92 Å². The Morgan fingerprint density at radius 2 is 1.72 bits per heavy atom. The molecule has 1 fully saturated rings. The zero-order chi connectivity index (χ0) is 17.1. The van der Waals surface area contributed by atoms with Gasteiger partial charge < -0.3 is 0 Å². The number of fused-ring (bicyclic) bond motifs is 1. The highest BCUT2D eigenvalue weighted by Gasteiger charge is 2.28. The lowest BCUT2D eigenvalue weighted by molar-refractivity contribution is -0.123. The lowest BCUT2D eigenvalue weighted by Crippen LogP contribution is -2.36. The number of hydrogen-bond donors (Lipinski definition) is 0. The first-order valence-electron chi connectivity index (χ1n) is 9.02. The van der Waals surface area contributed by atoms with E-state index in [4.69, 9.17) is 4.98 Å². The van der Waals surface area contributed by atoms with Crippen LogP contribution in [0.2, 0.25) is 0 Å². The van der Waals surface area contributed by atoms with Gasteiger partial charge in [0.25, 0.3) is 0 Å². The summed E-state index contributed by atoms with van der Waals surface area (Å²) in [6, 6.07) is 18.3. The molecule has 1 saturated carbocycles. The summed E-state index contributed by atoms with van der Waals surface area (Å²) in [5.74, 6) is 0.382. The number of aromatic nitrogens is 1. The van der Waals surface area contributed by atoms with Crippen molar-refractivity contribution in [2.75, 3.05) is 4.90 Å². The minimum atomic E-state index is 0.143. The molecule has 1 amide bonds. The summed E-state index contributed by atoms with van der Waals surface area (Å²) >= 11 is 1.61. The lowest BCUT2D eigenvalue weighted by Gasteiger charge is -2.27. The van der Waals surface area contributed by atoms with Gasteiger partial charge in [0.05, 0.1) is 16.8 Å². The van der Waals surface area contributed by atoms with Gasteiger partial charge in [0.1, 0.15) is 0 Å². The van der Waals surface area contributed by atoms with Crippen molar-refractivity contribution < 1.29 is 4.79 Å². The van der Waals surface area contributed by atoms with Gasteiger partial charge in [-0.15, -0.1) is 0 Å². The fraction of sp³-hybridized carbons (Fsp3) is 0.333. The van der Waals surface area contributed by atoms with Gasteiger partial charge in [-0.05, 0) is 30.5 Å². The normalized spacial score (nSPS) is 15.4. The molecule has 1 aliphatic rings. The molecule has 0 spiro atoms. The average Bonchev–Trinajstić information content (AvgIpc) is 3.11. The van der Waals surface area contributed by atoms with Crippen LogP contribution < -0.4 is 4.90 Å². The van der Waals surface area contributed by atoms with Gasteiger partial charge in [-0.2, -0.15) is 0 Å². The molecular weight excluding hydrogens is 328 g/mol. The van der Waals surface area contributed by atoms with Crippen LogP contribution in [0.5, 0.6) is 0 Å². The van der Waals surface area contributed by atoms with Crippen LogP contribution in [0.15, 0.2) is 54.6 Å². The van der Waals surface area contributed by atoms with Gasteiger partial charge in [-0.25, -0.2) is 4.98 Å². The van der Waals surface area contributed by atoms with Gasteiger partial charge in [-0.1, -0.05) is 73.1 Å². The van der Waals surface area contributed by atoms with Crippen molar-refractivity contribution in [3.8, 4) is 0 Å². The Hall–Kier alpha value is -2.20. The zero-order valence-electron chi connectivity index (χ0n) is 14.2. The predicted molar refractivity (Wildman–Crippen MR) is 104 cm³/mol. The molecule has 3 nitrogen and oxygen atoms in total. The molecule has 0 saturated heterocycles. The van der Waals surface area contributed by atoms with E-state index in [0.717, 1.165) is 46.6 Å². The Bertz CT molecular complexity index is 819. The molecule has 0 unspecified atom stereocenters. The number of hydrogen-bond acceptors (Lipinski definition) is 3. The number of benzene rings is 2. The second-order valence-corrected chi connectivity index (χ2v) is 7.72. The highest BCUT2D eigenvalue weighted by molar-refractivity contribution is 7.22. The summed E-state index contributed by atoms with van der Waals surface area (Å²) in [7, 11) is 0. The molecule has 0 N–H and O–H groups in total. The number of carbonyl (C=O) groups is 1. The Balaban J connectivity index is 1.68. The largest absolute Gasteiger partial charge is 0.283 e. The summed E-state index contributed by atoms with van der Waals surface area (Å²) in [6.07, 6.45) is 5.60. The van der Waals surface area contributed by atoms with Crippen LogP contribution in [0.1, 0.15) is 37.7 Å². The van der Waals surface area contributed by atoms with E-state index in [1.165, 1.54) is 6.42 Å². The van der Waals surface area contributed by atoms with E-state index in [9.17, 15) is 4.79 Å². The third-order valence-electron chi connectivity index (χ3n) is 4.92. The molecule has 0 aliphatic heterocycles. The van der Waals surface area contributed by atoms with E-state index in [0.29, 0.717) is 6.54 Å². The van der Waals surface area contributed by atoms with Crippen molar-refractivity contribution in [3.05, 3.63) is 60.2 Å². The number of anilines is 1. The first-order valence-corrected chi connectivity index (χ1v) is 9.84.